The smallest absolute Gasteiger partial charge is 0.203 e. The van der Waals surface area contributed by atoms with Crippen molar-refractivity contribution in [2.75, 3.05) is 21.3 Å². The van der Waals surface area contributed by atoms with E-state index in [1.165, 1.54) is 11.1 Å². The van der Waals surface area contributed by atoms with Gasteiger partial charge in [-0.15, -0.1) is 0 Å². The molecule has 3 nitrogen and oxygen atoms in total. The summed E-state index contributed by atoms with van der Waals surface area (Å²) < 4.78 is 16.1. The normalized spacial score (nSPS) is 10.2. The van der Waals surface area contributed by atoms with Crippen molar-refractivity contribution < 1.29 is 14.2 Å². The monoisotopic (exact) mass is 272 g/mol. The lowest BCUT2D eigenvalue weighted by Gasteiger charge is -2.14. The van der Waals surface area contributed by atoms with Crippen molar-refractivity contribution in [3.05, 3.63) is 53.1 Å². The van der Waals surface area contributed by atoms with Crippen LogP contribution in [0.3, 0.4) is 0 Å². The van der Waals surface area contributed by atoms with Gasteiger partial charge in [-0.25, -0.2) is 0 Å². The molecule has 0 unspecified atom stereocenters. The fourth-order valence-corrected chi connectivity index (χ4v) is 2.18. The van der Waals surface area contributed by atoms with Crippen molar-refractivity contribution in [3.63, 3.8) is 0 Å². The molecule has 106 valence electrons. The Labute approximate surface area is 120 Å². The fourth-order valence-electron chi connectivity index (χ4n) is 2.18. The van der Waals surface area contributed by atoms with Crippen molar-refractivity contribution in [2.45, 2.75) is 13.3 Å². The first-order chi connectivity index (χ1) is 9.67. The summed E-state index contributed by atoms with van der Waals surface area (Å²) in [4.78, 5) is 0. The minimum Gasteiger partial charge on any atom is -0.493 e. The van der Waals surface area contributed by atoms with Crippen LogP contribution >= 0.6 is 0 Å². The van der Waals surface area contributed by atoms with E-state index in [-0.39, 0.29) is 0 Å². The standard InChI is InChI=1S/C17H20O3/c1-12-5-7-13(8-6-12)9-14-10-15(18-2)17(20-4)16(11-14)19-3/h5-8,10-11H,9H2,1-4H3. The maximum Gasteiger partial charge on any atom is 0.203 e. The molecule has 0 fully saturated rings. The van der Waals surface area contributed by atoms with Gasteiger partial charge in [-0.05, 0) is 36.6 Å². The van der Waals surface area contributed by atoms with E-state index in [9.17, 15) is 0 Å². The van der Waals surface area contributed by atoms with Crippen molar-refractivity contribution >= 4 is 0 Å². The maximum absolute atomic E-state index is 5.37. The van der Waals surface area contributed by atoms with Crippen molar-refractivity contribution in [1.29, 1.82) is 0 Å². The molecule has 0 amide bonds. The van der Waals surface area contributed by atoms with Crippen LogP contribution in [-0.4, -0.2) is 21.3 Å². The Morgan fingerprint density at radius 2 is 1.30 bits per heavy atom. The van der Waals surface area contributed by atoms with E-state index < -0.39 is 0 Å². The highest BCUT2D eigenvalue weighted by molar-refractivity contribution is 5.54. The lowest BCUT2D eigenvalue weighted by Crippen LogP contribution is -1.97. The molecule has 20 heavy (non-hydrogen) atoms. The molecule has 3 heteroatoms. The van der Waals surface area contributed by atoms with Crippen LogP contribution in [0.4, 0.5) is 0 Å². The SMILES string of the molecule is COc1cc(Cc2ccc(C)cc2)cc(OC)c1OC. The summed E-state index contributed by atoms with van der Waals surface area (Å²) in [6.07, 6.45) is 0.830. The molecule has 0 aliphatic heterocycles. The van der Waals surface area contributed by atoms with Crippen molar-refractivity contribution in [1.82, 2.24) is 0 Å². The second-order valence-corrected chi connectivity index (χ2v) is 4.70. The largest absolute Gasteiger partial charge is 0.493 e. The van der Waals surface area contributed by atoms with E-state index in [1.807, 2.05) is 12.1 Å². The van der Waals surface area contributed by atoms with Gasteiger partial charge in [-0.3, -0.25) is 0 Å². The lowest BCUT2D eigenvalue weighted by atomic mass is 10.0. The fraction of sp³-hybridized carbons (Fsp3) is 0.294. The molecule has 0 saturated carbocycles. The Morgan fingerprint density at radius 3 is 1.75 bits per heavy atom. The molecule has 0 saturated heterocycles. The van der Waals surface area contributed by atoms with Crippen LogP contribution in [0.25, 0.3) is 0 Å². The molecule has 0 aliphatic rings. The van der Waals surface area contributed by atoms with Crippen molar-refractivity contribution in [3.8, 4) is 17.2 Å². The van der Waals surface area contributed by atoms with Crippen LogP contribution in [-0.2, 0) is 6.42 Å². The molecular weight excluding hydrogens is 252 g/mol. The van der Waals surface area contributed by atoms with Gasteiger partial charge in [0, 0.05) is 0 Å². The van der Waals surface area contributed by atoms with Crippen LogP contribution in [0, 0.1) is 6.92 Å². The number of methoxy groups -OCH3 is 3. The summed E-state index contributed by atoms with van der Waals surface area (Å²) >= 11 is 0. The molecule has 2 aromatic rings. The zero-order valence-electron chi connectivity index (χ0n) is 12.4. The second-order valence-electron chi connectivity index (χ2n) is 4.70. The van der Waals surface area contributed by atoms with Gasteiger partial charge in [0.2, 0.25) is 5.75 Å². The highest BCUT2D eigenvalue weighted by atomic mass is 16.5. The van der Waals surface area contributed by atoms with E-state index in [0.717, 1.165) is 12.0 Å². The third-order valence-electron chi connectivity index (χ3n) is 3.25. The molecule has 0 bridgehead atoms. The molecule has 2 aromatic carbocycles. The summed E-state index contributed by atoms with van der Waals surface area (Å²) in [5.74, 6) is 2.01. The van der Waals surface area contributed by atoms with Gasteiger partial charge in [0.25, 0.3) is 0 Å². The van der Waals surface area contributed by atoms with Gasteiger partial charge < -0.3 is 14.2 Å². The number of hydrogen-bond acceptors (Lipinski definition) is 3. The van der Waals surface area contributed by atoms with Crippen LogP contribution in [0.2, 0.25) is 0 Å². The van der Waals surface area contributed by atoms with E-state index in [4.69, 9.17) is 14.2 Å². The van der Waals surface area contributed by atoms with Crippen LogP contribution < -0.4 is 14.2 Å². The average Bonchev–Trinajstić information content (AvgIpc) is 2.48. The Morgan fingerprint density at radius 1 is 0.750 bits per heavy atom. The van der Waals surface area contributed by atoms with Gasteiger partial charge >= 0.3 is 0 Å². The predicted octanol–water partition coefficient (Wildman–Crippen LogP) is 3.61. The lowest BCUT2D eigenvalue weighted by molar-refractivity contribution is 0.324. The van der Waals surface area contributed by atoms with E-state index >= 15 is 0 Å². The number of rotatable bonds is 5. The predicted molar refractivity (Wildman–Crippen MR) is 80.1 cm³/mol. The molecule has 2 rings (SSSR count). The van der Waals surface area contributed by atoms with E-state index in [2.05, 4.69) is 31.2 Å². The summed E-state index contributed by atoms with van der Waals surface area (Å²) in [7, 11) is 4.87. The summed E-state index contributed by atoms with van der Waals surface area (Å²) in [6, 6.07) is 12.5. The first-order valence-corrected chi connectivity index (χ1v) is 6.52. The number of ether oxygens (including phenoxy) is 3. The molecule has 0 aromatic heterocycles. The second kappa shape index (κ2) is 6.33. The molecule has 0 atom stereocenters. The Bertz CT molecular complexity index is 548. The van der Waals surface area contributed by atoms with Crippen molar-refractivity contribution in [2.24, 2.45) is 0 Å². The summed E-state index contributed by atoms with van der Waals surface area (Å²) in [5, 5.41) is 0. The summed E-state index contributed by atoms with van der Waals surface area (Å²) in [5.41, 5.74) is 3.65. The van der Waals surface area contributed by atoms with Gasteiger partial charge in [0.05, 0.1) is 21.3 Å². The molecule has 0 spiro atoms. The number of hydrogen-bond donors (Lipinski definition) is 0. The topological polar surface area (TPSA) is 27.7 Å². The Balaban J connectivity index is 2.34. The van der Waals surface area contributed by atoms with E-state index in [1.54, 1.807) is 21.3 Å². The van der Waals surface area contributed by atoms with Gasteiger partial charge in [-0.1, -0.05) is 29.8 Å². The number of benzene rings is 2. The first-order valence-electron chi connectivity index (χ1n) is 6.52. The van der Waals surface area contributed by atoms with Gasteiger partial charge in [0.15, 0.2) is 11.5 Å². The molecule has 0 radical (unpaired) electrons. The molecule has 0 aliphatic carbocycles. The number of aryl methyl sites for hydroxylation is 1. The Kier molecular flexibility index (Phi) is 4.51. The van der Waals surface area contributed by atoms with Crippen LogP contribution in [0.1, 0.15) is 16.7 Å². The Hall–Kier alpha value is -2.16. The zero-order valence-corrected chi connectivity index (χ0v) is 12.4. The summed E-state index contributed by atoms with van der Waals surface area (Å²) in [6.45, 7) is 2.09. The van der Waals surface area contributed by atoms with E-state index in [0.29, 0.717) is 17.2 Å². The quantitative estimate of drug-likeness (QED) is 0.832. The van der Waals surface area contributed by atoms with Gasteiger partial charge in [-0.2, -0.15) is 0 Å². The average molecular weight is 272 g/mol. The van der Waals surface area contributed by atoms with Crippen LogP contribution in [0.15, 0.2) is 36.4 Å². The maximum atomic E-state index is 5.37. The van der Waals surface area contributed by atoms with Crippen LogP contribution in [0.5, 0.6) is 17.2 Å². The molecular formula is C17H20O3. The highest BCUT2D eigenvalue weighted by Gasteiger charge is 2.13. The highest BCUT2D eigenvalue weighted by Crippen LogP contribution is 2.38. The molecule has 0 N–H and O–H groups in total. The van der Waals surface area contributed by atoms with Gasteiger partial charge in [0.1, 0.15) is 0 Å². The third-order valence-corrected chi connectivity index (χ3v) is 3.25. The first kappa shape index (κ1) is 14.3. The third kappa shape index (κ3) is 3.05. The molecule has 0 heterocycles. The minimum absolute atomic E-state index is 0.627. The minimum atomic E-state index is 0.627. The zero-order chi connectivity index (χ0) is 14.5.